The molecule has 0 bridgehead atoms. The third-order valence-corrected chi connectivity index (χ3v) is 6.12. The predicted octanol–water partition coefficient (Wildman–Crippen LogP) is 2.74. The number of hydrogen-bond acceptors (Lipinski definition) is 4. The summed E-state index contributed by atoms with van der Waals surface area (Å²) in [6.07, 6.45) is 4.01. The van der Waals surface area contributed by atoms with Crippen LogP contribution >= 0.6 is 11.3 Å². The summed E-state index contributed by atoms with van der Waals surface area (Å²) in [4.78, 5) is 20.2. The van der Waals surface area contributed by atoms with Crippen LogP contribution in [-0.4, -0.2) is 35.4 Å². The molecule has 0 saturated carbocycles. The van der Waals surface area contributed by atoms with Crippen LogP contribution in [0.1, 0.15) is 39.9 Å². The number of amides is 1. The van der Waals surface area contributed by atoms with Gasteiger partial charge in [0, 0.05) is 30.9 Å². The van der Waals surface area contributed by atoms with Crippen molar-refractivity contribution in [2.75, 3.05) is 19.6 Å². The lowest BCUT2D eigenvalue weighted by atomic mass is 9.85. The standard InChI is InChI=1S/C19H23N3OS/c23-18-8-10-22(11-9-20-18)13-19-21-16-7-6-15(12-17(16)24-19)14-4-2-1-3-5-14/h1-5,15H,6-13H2,(H,20,23)/t15-/m0/s1. The van der Waals surface area contributed by atoms with Crippen molar-refractivity contribution < 1.29 is 4.79 Å². The SMILES string of the molecule is O=C1CCN(Cc2nc3c(s2)C[C@@H](c2ccccc2)CC3)CCN1. The molecular weight excluding hydrogens is 318 g/mol. The second kappa shape index (κ2) is 7.03. The van der Waals surface area contributed by atoms with Gasteiger partial charge < -0.3 is 5.32 Å². The summed E-state index contributed by atoms with van der Waals surface area (Å²) >= 11 is 1.88. The van der Waals surface area contributed by atoms with E-state index in [9.17, 15) is 4.79 Å². The molecule has 1 N–H and O–H groups in total. The van der Waals surface area contributed by atoms with E-state index in [0.717, 1.165) is 39.0 Å². The molecule has 0 unspecified atom stereocenters. The van der Waals surface area contributed by atoms with Gasteiger partial charge in [-0.15, -0.1) is 11.3 Å². The van der Waals surface area contributed by atoms with Crippen molar-refractivity contribution in [2.45, 2.75) is 38.1 Å². The summed E-state index contributed by atoms with van der Waals surface area (Å²) in [5, 5.41) is 4.15. The summed E-state index contributed by atoms with van der Waals surface area (Å²) in [5.74, 6) is 0.800. The smallest absolute Gasteiger partial charge is 0.221 e. The topological polar surface area (TPSA) is 45.2 Å². The molecule has 24 heavy (non-hydrogen) atoms. The molecule has 0 spiro atoms. The molecule has 1 aliphatic heterocycles. The number of nitrogens with one attached hydrogen (secondary N) is 1. The van der Waals surface area contributed by atoms with E-state index in [1.807, 2.05) is 11.3 Å². The number of aromatic nitrogens is 1. The number of carbonyl (C=O) groups excluding carboxylic acids is 1. The number of thiazole rings is 1. The Morgan fingerprint density at radius 3 is 2.96 bits per heavy atom. The Balaban J connectivity index is 1.44. The van der Waals surface area contributed by atoms with Gasteiger partial charge >= 0.3 is 0 Å². The number of nitrogens with zero attached hydrogens (tertiary/aromatic N) is 2. The second-order valence-electron chi connectivity index (χ2n) is 6.70. The molecule has 1 saturated heterocycles. The largest absolute Gasteiger partial charge is 0.355 e. The maximum atomic E-state index is 11.5. The average molecular weight is 341 g/mol. The normalized spacial score (nSPS) is 21.8. The van der Waals surface area contributed by atoms with Gasteiger partial charge in [0.1, 0.15) is 5.01 Å². The number of hydrogen-bond donors (Lipinski definition) is 1. The van der Waals surface area contributed by atoms with Crippen LogP contribution in [0.25, 0.3) is 0 Å². The highest BCUT2D eigenvalue weighted by Crippen LogP contribution is 2.35. The first kappa shape index (κ1) is 15.8. The Bertz CT molecular complexity index is 713. The van der Waals surface area contributed by atoms with Crippen LogP contribution in [0.3, 0.4) is 0 Å². The lowest BCUT2D eigenvalue weighted by Gasteiger charge is -2.21. The third kappa shape index (κ3) is 3.52. The van der Waals surface area contributed by atoms with E-state index < -0.39 is 0 Å². The van der Waals surface area contributed by atoms with Crippen LogP contribution in [0, 0.1) is 0 Å². The number of aryl methyl sites for hydroxylation is 1. The van der Waals surface area contributed by atoms with Gasteiger partial charge in [-0.1, -0.05) is 30.3 Å². The molecule has 4 rings (SSSR count). The molecule has 4 nitrogen and oxygen atoms in total. The quantitative estimate of drug-likeness (QED) is 0.934. The molecule has 2 heterocycles. The molecule has 0 radical (unpaired) electrons. The number of carbonyl (C=O) groups is 1. The summed E-state index contributed by atoms with van der Waals surface area (Å²) in [6.45, 7) is 3.38. The maximum absolute atomic E-state index is 11.5. The molecule has 1 aliphatic carbocycles. The van der Waals surface area contributed by atoms with E-state index in [4.69, 9.17) is 4.98 Å². The van der Waals surface area contributed by atoms with Crippen LogP contribution in [-0.2, 0) is 24.2 Å². The van der Waals surface area contributed by atoms with Gasteiger partial charge in [-0.25, -0.2) is 4.98 Å². The van der Waals surface area contributed by atoms with E-state index in [1.54, 1.807) is 0 Å². The van der Waals surface area contributed by atoms with Crippen molar-refractivity contribution in [2.24, 2.45) is 0 Å². The number of fused-ring (bicyclic) bond motifs is 1. The van der Waals surface area contributed by atoms with Crippen LogP contribution in [0.4, 0.5) is 0 Å². The lowest BCUT2D eigenvalue weighted by molar-refractivity contribution is -0.120. The Hall–Kier alpha value is -1.72. The van der Waals surface area contributed by atoms with Gasteiger partial charge in [-0.2, -0.15) is 0 Å². The zero-order chi connectivity index (χ0) is 16.4. The lowest BCUT2D eigenvalue weighted by Crippen LogP contribution is -2.28. The molecule has 1 aromatic heterocycles. The molecule has 1 aromatic carbocycles. The Labute approximate surface area is 146 Å². The summed E-state index contributed by atoms with van der Waals surface area (Å²) < 4.78 is 0. The Kier molecular flexibility index (Phi) is 4.63. The Morgan fingerprint density at radius 1 is 1.21 bits per heavy atom. The van der Waals surface area contributed by atoms with Crippen LogP contribution in [0.2, 0.25) is 0 Å². The van der Waals surface area contributed by atoms with Gasteiger partial charge in [0.25, 0.3) is 0 Å². The van der Waals surface area contributed by atoms with E-state index in [0.29, 0.717) is 12.3 Å². The monoisotopic (exact) mass is 341 g/mol. The van der Waals surface area contributed by atoms with Crippen molar-refractivity contribution in [1.29, 1.82) is 0 Å². The van der Waals surface area contributed by atoms with Crippen molar-refractivity contribution >= 4 is 17.2 Å². The highest BCUT2D eigenvalue weighted by atomic mass is 32.1. The number of benzene rings is 1. The fourth-order valence-electron chi connectivity index (χ4n) is 3.67. The summed E-state index contributed by atoms with van der Waals surface area (Å²) in [5.41, 5.74) is 2.77. The van der Waals surface area contributed by atoms with E-state index in [1.165, 1.54) is 27.6 Å². The van der Waals surface area contributed by atoms with Crippen molar-refractivity contribution in [3.63, 3.8) is 0 Å². The van der Waals surface area contributed by atoms with Crippen LogP contribution < -0.4 is 5.32 Å². The predicted molar refractivity (Wildman–Crippen MR) is 96.2 cm³/mol. The van der Waals surface area contributed by atoms with Gasteiger partial charge in [-0.3, -0.25) is 9.69 Å². The minimum atomic E-state index is 0.168. The van der Waals surface area contributed by atoms with Crippen molar-refractivity contribution in [3.8, 4) is 0 Å². The molecule has 1 amide bonds. The average Bonchev–Trinajstić information content (AvgIpc) is 2.90. The molecule has 126 valence electrons. The third-order valence-electron chi connectivity index (χ3n) is 5.02. The van der Waals surface area contributed by atoms with Crippen LogP contribution in [0.15, 0.2) is 30.3 Å². The van der Waals surface area contributed by atoms with Crippen molar-refractivity contribution in [3.05, 3.63) is 51.5 Å². The second-order valence-corrected chi connectivity index (χ2v) is 7.87. The molecule has 2 aliphatic rings. The first-order valence-electron chi connectivity index (χ1n) is 8.79. The first-order chi connectivity index (χ1) is 11.8. The molecule has 2 aromatic rings. The van der Waals surface area contributed by atoms with E-state index >= 15 is 0 Å². The van der Waals surface area contributed by atoms with Crippen molar-refractivity contribution in [1.82, 2.24) is 15.2 Å². The molecular formula is C19H23N3OS. The van der Waals surface area contributed by atoms with Gasteiger partial charge in [0.05, 0.1) is 12.2 Å². The summed E-state index contributed by atoms with van der Waals surface area (Å²) in [6, 6.07) is 10.9. The minimum absolute atomic E-state index is 0.168. The van der Waals surface area contributed by atoms with E-state index in [-0.39, 0.29) is 5.91 Å². The molecule has 1 fully saturated rings. The Morgan fingerprint density at radius 2 is 2.08 bits per heavy atom. The van der Waals surface area contributed by atoms with Gasteiger partial charge in [-0.05, 0) is 30.7 Å². The minimum Gasteiger partial charge on any atom is -0.355 e. The fourth-order valence-corrected chi connectivity index (χ4v) is 4.91. The van der Waals surface area contributed by atoms with E-state index in [2.05, 4.69) is 40.5 Å². The first-order valence-corrected chi connectivity index (χ1v) is 9.61. The zero-order valence-electron chi connectivity index (χ0n) is 13.8. The summed E-state index contributed by atoms with van der Waals surface area (Å²) in [7, 11) is 0. The van der Waals surface area contributed by atoms with Crippen LogP contribution in [0.5, 0.6) is 0 Å². The highest BCUT2D eigenvalue weighted by molar-refractivity contribution is 7.11. The number of rotatable bonds is 3. The molecule has 1 atom stereocenters. The highest BCUT2D eigenvalue weighted by Gasteiger charge is 2.24. The van der Waals surface area contributed by atoms with Gasteiger partial charge in [0.15, 0.2) is 0 Å². The fraction of sp³-hybridized carbons (Fsp3) is 0.474. The maximum Gasteiger partial charge on any atom is 0.221 e. The van der Waals surface area contributed by atoms with Gasteiger partial charge in [0.2, 0.25) is 5.91 Å². The zero-order valence-corrected chi connectivity index (χ0v) is 14.6. The molecule has 5 heteroatoms.